The van der Waals surface area contributed by atoms with Gasteiger partial charge in [0.1, 0.15) is 6.61 Å². The molecule has 0 atom stereocenters. The number of ether oxygens (including phenoxy) is 2. The molecule has 0 radical (unpaired) electrons. The zero-order chi connectivity index (χ0) is 15.0. The number of aryl methyl sites for hydroxylation is 1. The van der Waals surface area contributed by atoms with Crippen LogP contribution in [0.2, 0.25) is 0 Å². The van der Waals surface area contributed by atoms with Gasteiger partial charge in [0.2, 0.25) is 5.91 Å². The first kappa shape index (κ1) is 15.8. The topological polar surface area (TPSA) is 47.6 Å². The molecule has 0 heterocycles. The predicted octanol–water partition coefficient (Wildman–Crippen LogP) is 1.92. The molecule has 0 aliphatic heterocycles. The Morgan fingerprint density at radius 3 is 2.85 bits per heavy atom. The molecule has 4 nitrogen and oxygen atoms in total. The molecule has 0 aromatic heterocycles. The van der Waals surface area contributed by atoms with Gasteiger partial charge in [-0.1, -0.05) is 5.92 Å². The third-order valence-corrected chi connectivity index (χ3v) is 2.60. The lowest BCUT2D eigenvalue weighted by Gasteiger charge is -2.12. The number of benzene rings is 1. The van der Waals surface area contributed by atoms with Crippen LogP contribution in [0.25, 0.3) is 0 Å². The second-order valence-corrected chi connectivity index (χ2v) is 4.06. The molecule has 0 unspecified atom stereocenters. The lowest BCUT2D eigenvalue weighted by Crippen LogP contribution is -2.22. The molecule has 0 saturated heterocycles. The molecule has 0 spiro atoms. The number of nitrogens with one attached hydrogen (secondary N) is 1. The molecule has 1 aromatic rings. The highest BCUT2D eigenvalue weighted by Crippen LogP contribution is 2.32. The zero-order valence-electron chi connectivity index (χ0n) is 11.7. The highest BCUT2D eigenvalue weighted by Gasteiger charge is 2.13. The number of amides is 1. The summed E-state index contributed by atoms with van der Waals surface area (Å²) in [5.41, 5.74) is 0.665. The van der Waals surface area contributed by atoms with Crippen LogP contribution in [0.5, 0.6) is 11.5 Å². The molecule has 0 bridgehead atoms. The zero-order valence-corrected chi connectivity index (χ0v) is 11.7. The van der Waals surface area contributed by atoms with E-state index in [2.05, 4.69) is 11.2 Å². The number of carbonyl (C=O) groups excluding carboxylic acids is 1. The molecule has 5 heteroatoms. The van der Waals surface area contributed by atoms with Crippen molar-refractivity contribution in [1.82, 2.24) is 5.32 Å². The van der Waals surface area contributed by atoms with Crippen LogP contribution in [0.1, 0.15) is 18.9 Å². The summed E-state index contributed by atoms with van der Waals surface area (Å²) in [6.45, 7) is 2.39. The van der Waals surface area contributed by atoms with Gasteiger partial charge < -0.3 is 14.8 Å². The second kappa shape index (κ2) is 8.05. The van der Waals surface area contributed by atoms with E-state index in [0.717, 1.165) is 0 Å². The van der Waals surface area contributed by atoms with Crippen LogP contribution < -0.4 is 14.8 Å². The number of methoxy groups -OCH3 is 1. The van der Waals surface area contributed by atoms with Gasteiger partial charge in [-0.3, -0.25) is 4.79 Å². The maximum absolute atomic E-state index is 13.9. The Hall–Kier alpha value is -2.22. The minimum absolute atomic E-state index is 0.00721. The Kier molecular flexibility index (Phi) is 6.38. The van der Waals surface area contributed by atoms with E-state index in [9.17, 15) is 9.18 Å². The molecule has 1 N–H and O–H groups in total. The third kappa shape index (κ3) is 4.47. The van der Waals surface area contributed by atoms with Gasteiger partial charge in [0.05, 0.1) is 7.11 Å². The van der Waals surface area contributed by atoms with E-state index in [1.165, 1.54) is 13.2 Å². The fourth-order valence-corrected chi connectivity index (χ4v) is 1.71. The summed E-state index contributed by atoms with van der Waals surface area (Å²) < 4.78 is 24.1. The molecule has 0 saturated carbocycles. The normalized spacial score (nSPS) is 9.70. The number of terminal acetylenes is 1. The molecule has 20 heavy (non-hydrogen) atoms. The van der Waals surface area contributed by atoms with Crippen molar-refractivity contribution in [2.75, 3.05) is 20.3 Å². The van der Waals surface area contributed by atoms with Gasteiger partial charge in [-0.15, -0.1) is 6.42 Å². The highest BCUT2D eigenvalue weighted by atomic mass is 19.1. The van der Waals surface area contributed by atoms with Crippen molar-refractivity contribution in [3.8, 4) is 23.8 Å². The average Bonchev–Trinajstić information content (AvgIpc) is 2.43. The quantitative estimate of drug-likeness (QED) is 0.776. The maximum atomic E-state index is 13.9. The number of hydrogen-bond acceptors (Lipinski definition) is 3. The van der Waals surface area contributed by atoms with Crippen molar-refractivity contribution in [2.45, 2.75) is 19.8 Å². The van der Waals surface area contributed by atoms with Gasteiger partial charge in [-0.05, 0) is 31.0 Å². The number of hydrogen-bond donors (Lipinski definition) is 1. The van der Waals surface area contributed by atoms with E-state index in [1.807, 2.05) is 6.92 Å². The van der Waals surface area contributed by atoms with Crippen LogP contribution >= 0.6 is 0 Å². The van der Waals surface area contributed by atoms with Crippen molar-refractivity contribution in [3.63, 3.8) is 0 Å². The summed E-state index contributed by atoms with van der Waals surface area (Å²) in [5, 5.41) is 2.69. The molecule has 0 aliphatic rings. The largest absolute Gasteiger partial charge is 0.493 e. The molecule has 1 aromatic carbocycles. The summed E-state index contributed by atoms with van der Waals surface area (Å²) >= 11 is 0. The van der Waals surface area contributed by atoms with Gasteiger partial charge >= 0.3 is 0 Å². The van der Waals surface area contributed by atoms with E-state index in [0.29, 0.717) is 24.9 Å². The SMILES string of the molecule is C#CCOc1c(F)cc(CCC(=O)NCC)cc1OC. The molecule has 108 valence electrons. The Labute approximate surface area is 118 Å². The first-order valence-corrected chi connectivity index (χ1v) is 6.31. The van der Waals surface area contributed by atoms with Crippen LogP contribution in [0, 0.1) is 18.2 Å². The number of halogens is 1. The summed E-state index contributed by atoms with van der Waals surface area (Å²) in [6.07, 6.45) is 5.79. The van der Waals surface area contributed by atoms with Gasteiger partial charge in [0, 0.05) is 13.0 Å². The van der Waals surface area contributed by atoms with E-state index in [-0.39, 0.29) is 24.0 Å². The molecular formula is C15H18FNO3. The summed E-state index contributed by atoms with van der Waals surface area (Å²) in [5.74, 6) is 1.91. The Morgan fingerprint density at radius 1 is 1.50 bits per heavy atom. The minimum Gasteiger partial charge on any atom is -0.493 e. The molecule has 0 fully saturated rings. The van der Waals surface area contributed by atoms with Crippen molar-refractivity contribution in [3.05, 3.63) is 23.5 Å². The Bertz CT molecular complexity index is 509. The van der Waals surface area contributed by atoms with Gasteiger partial charge in [0.15, 0.2) is 17.3 Å². The highest BCUT2D eigenvalue weighted by molar-refractivity contribution is 5.76. The van der Waals surface area contributed by atoms with E-state index in [1.54, 1.807) is 6.07 Å². The van der Waals surface area contributed by atoms with Gasteiger partial charge in [-0.25, -0.2) is 4.39 Å². The fraction of sp³-hybridized carbons (Fsp3) is 0.400. The lowest BCUT2D eigenvalue weighted by atomic mass is 10.1. The Morgan fingerprint density at radius 2 is 2.25 bits per heavy atom. The van der Waals surface area contributed by atoms with Crippen molar-refractivity contribution in [1.29, 1.82) is 0 Å². The molecule has 0 aliphatic carbocycles. The third-order valence-electron chi connectivity index (χ3n) is 2.60. The molecule has 1 amide bonds. The van der Waals surface area contributed by atoms with Crippen LogP contribution in [-0.2, 0) is 11.2 Å². The monoisotopic (exact) mass is 279 g/mol. The summed E-state index contributed by atoms with van der Waals surface area (Å²) in [4.78, 5) is 11.4. The number of rotatable bonds is 7. The predicted molar refractivity (Wildman–Crippen MR) is 74.3 cm³/mol. The first-order valence-electron chi connectivity index (χ1n) is 6.31. The van der Waals surface area contributed by atoms with Crippen molar-refractivity contribution >= 4 is 5.91 Å². The smallest absolute Gasteiger partial charge is 0.220 e. The Balaban J connectivity index is 2.82. The average molecular weight is 279 g/mol. The fourth-order valence-electron chi connectivity index (χ4n) is 1.71. The maximum Gasteiger partial charge on any atom is 0.220 e. The standard InChI is InChI=1S/C15H18FNO3/c1-4-8-20-15-12(16)9-11(10-13(15)19-3)6-7-14(18)17-5-2/h1,9-10H,5-8H2,2-3H3,(H,17,18). The van der Waals surface area contributed by atoms with Gasteiger partial charge in [0.25, 0.3) is 0 Å². The number of carbonyl (C=O) groups is 1. The van der Waals surface area contributed by atoms with Crippen LogP contribution in [-0.4, -0.2) is 26.2 Å². The van der Waals surface area contributed by atoms with E-state index >= 15 is 0 Å². The molecule has 1 rings (SSSR count). The van der Waals surface area contributed by atoms with E-state index in [4.69, 9.17) is 15.9 Å². The molecular weight excluding hydrogens is 261 g/mol. The summed E-state index contributed by atoms with van der Waals surface area (Å²) in [6, 6.07) is 2.97. The van der Waals surface area contributed by atoms with Crippen LogP contribution in [0.3, 0.4) is 0 Å². The first-order chi connectivity index (χ1) is 9.62. The van der Waals surface area contributed by atoms with Gasteiger partial charge in [-0.2, -0.15) is 0 Å². The van der Waals surface area contributed by atoms with Crippen molar-refractivity contribution in [2.24, 2.45) is 0 Å². The van der Waals surface area contributed by atoms with Crippen LogP contribution in [0.4, 0.5) is 4.39 Å². The second-order valence-electron chi connectivity index (χ2n) is 4.06. The van der Waals surface area contributed by atoms with E-state index < -0.39 is 5.82 Å². The van der Waals surface area contributed by atoms with Crippen molar-refractivity contribution < 1.29 is 18.7 Å². The lowest BCUT2D eigenvalue weighted by molar-refractivity contribution is -0.120. The minimum atomic E-state index is -0.550. The van der Waals surface area contributed by atoms with Crippen LogP contribution in [0.15, 0.2) is 12.1 Å². The summed E-state index contributed by atoms with van der Waals surface area (Å²) in [7, 11) is 1.42.